The van der Waals surface area contributed by atoms with Crippen molar-refractivity contribution in [1.29, 1.82) is 0 Å². The van der Waals surface area contributed by atoms with Gasteiger partial charge in [-0.1, -0.05) is 34.9 Å². The topological polar surface area (TPSA) is 98.6 Å². The van der Waals surface area contributed by atoms with E-state index >= 15 is 0 Å². The van der Waals surface area contributed by atoms with Gasteiger partial charge >= 0.3 is 0 Å². The Hall–Kier alpha value is -4.71. The van der Waals surface area contributed by atoms with Gasteiger partial charge in [0.2, 0.25) is 0 Å². The van der Waals surface area contributed by atoms with Crippen LogP contribution in [0, 0.1) is 20.8 Å². The SMILES string of the molecule is Cc1ccc2[nH]c3c4c(=O)c5cc(C)ccc5[nH]c4c4c(=O)c5cc(C)ccc5[nH]c4c3c(=O)c2c1. The molecule has 0 aliphatic rings. The van der Waals surface area contributed by atoms with E-state index in [4.69, 9.17) is 0 Å². The molecular weight excluding hydrogens is 450 g/mol. The van der Waals surface area contributed by atoms with E-state index in [-0.39, 0.29) is 16.3 Å². The van der Waals surface area contributed by atoms with E-state index in [1.54, 1.807) is 0 Å². The second kappa shape index (κ2) is 6.92. The van der Waals surface area contributed by atoms with Gasteiger partial charge in [-0.25, -0.2) is 0 Å². The van der Waals surface area contributed by atoms with Gasteiger partial charge in [-0.2, -0.15) is 0 Å². The Balaban J connectivity index is 1.91. The van der Waals surface area contributed by atoms with Crippen LogP contribution in [0.1, 0.15) is 16.7 Å². The third-order valence-corrected chi connectivity index (χ3v) is 7.22. The third-order valence-electron chi connectivity index (χ3n) is 7.22. The highest BCUT2D eigenvalue weighted by Crippen LogP contribution is 2.31. The molecule has 0 spiro atoms. The molecule has 0 radical (unpaired) electrons. The summed E-state index contributed by atoms with van der Waals surface area (Å²) in [4.78, 5) is 52.0. The summed E-state index contributed by atoms with van der Waals surface area (Å²) >= 11 is 0. The molecule has 3 heterocycles. The van der Waals surface area contributed by atoms with E-state index in [2.05, 4.69) is 15.0 Å². The molecule has 3 N–H and O–H groups in total. The second-order valence-electron chi connectivity index (χ2n) is 9.76. The van der Waals surface area contributed by atoms with Gasteiger partial charge in [0.05, 0.1) is 32.7 Å². The third kappa shape index (κ3) is 2.64. The van der Waals surface area contributed by atoms with Crippen molar-refractivity contribution in [1.82, 2.24) is 15.0 Å². The van der Waals surface area contributed by atoms with E-state index in [0.717, 1.165) is 16.7 Å². The number of aromatic amines is 3. The molecule has 7 rings (SSSR count). The fraction of sp³-hybridized carbons (Fsp3) is 0.100. The molecule has 6 heteroatoms. The minimum Gasteiger partial charge on any atom is -0.354 e. The highest BCUT2D eigenvalue weighted by Gasteiger charge is 2.21. The van der Waals surface area contributed by atoms with Crippen molar-refractivity contribution in [2.24, 2.45) is 0 Å². The molecule has 7 aromatic rings. The maximum absolute atomic E-state index is 14.0. The van der Waals surface area contributed by atoms with E-state index < -0.39 is 0 Å². The minimum atomic E-state index is -0.222. The number of H-pyrrole nitrogens is 3. The molecule has 0 amide bonds. The number of hydrogen-bond donors (Lipinski definition) is 3. The van der Waals surface area contributed by atoms with Gasteiger partial charge in [-0.15, -0.1) is 0 Å². The summed E-state index contributed by atoms with van der Waals surface area (Å²) in [5.74, 6) is 0. The monoisotopic (exact) mass is 471 g/mol. The van der Waals surface area contributed by atoms with Crippen LogP contribution in [-0.4, -0.2) is 15.0 Å². The Kier molecular flexibility index (Phi) is 3.97. The van der Waals surface area contributed by atoms with Crippen LogP contribution >= 0.6 is 0 Å². The van der Waals surface area contributed by atoms with Gasteiger partial charge < -0.3 is 15.0 Å². The predicted octanol–water partition coefficient (Wildman–Crippen LogP) is 5.60. The Labute approximate surface area is 203 Å². The number of aromatic nitrogens is 3. The number of pyridine rings is 3. The van der Waals surface area contributed by atoms with Gasteiger partial charge in [0.1, 0.15) is 0 Å². The predicted molar refractivity (Wildman–Crippen MR) is 148 cm³/mol. The fourth-order valence-corrected chi connectivity index (χ4v) is 5.48. The lowest BCUT2D eigenvalue weighted by atomic mass is 9.97. The molecule has 0 saturated carbocycles. The summed E-state index contributed by atoms with van der Waals surface area (Å²) in [7, 11) is 0. The second-order valence-corrected chi connectivity index (χ2v) is 9.76. The van der Waals surface area contributed by atoms with E-state index in [0.29, 0.717) is 65.4 Å². The van der Waals surface area contributed by atoms with Crippen molar-refractivity contribution in [3.05, 3.63) is 102 Å². The summed E-state index contributed by atoms with van der Waals surface area (Å²) in [6.45, 7) is 5.79. The van der Waals surface area contributed by atoms with Crippen LogP contribution in [0.5, 0.6) is 0 Å². The lowest BCUT2D eigenvalue weighted by Crippen LogP contribution is -2.15. The first kappa shape index (κ1) is 20.6. The van der Waals surface area contributed by atoms with Gasteiger partial charge in [0.15, 0.2) is 16.3 Å². The molecule has 0 atom stereocenters. The van der Waals surface area contributed by atoms with Crippen LogP contribution in [0.4, 0.5) is 0 Å². The number of rotatable bonds is 0. The molecule has 174 valence electrons. The molecule has 0 aliphatic carbocycles. The number of aryl methyl sites for hydroxylation is 3. The average Bonchev–Trinajstić information content (AvgIpc) is 2.85. The molecule has 4 aromatic carbocycles. The normalized spacial score (nSPS) is 12.1. The molecule has 6 nitrogen and oxygen atoms in total. The highest BCUT2D eigenvalue weighted by atomic mass is 16.1. The quantitative estimate of drug-likeness (QED) is 0.198. The first-order valence-corrected chi connectivity index (χ1v) is 11.8. The summed E-state index contributed by atoms with van der Waals surface area (Å²) in [6.07, 6.45) is 0. The van der Waals surface area contributed by atoms with Gasteiger partial charge in [0.25, 0.3) is 0 Å². The summed E-state index contributed by atoms with van der Waals surface area (Å²) in [5, 5.41) is 2.48. The zero-order valence-corrected chi connectivity index (χ0v) is 19.9. The highest BCUT2D eigenvalue weighted by molar-refractivity contribution is 6.25. The molecule has 0 bridgehead atoms. The van der Waals surface area contributed by atoms with Gasteiger partial charge in [-0.3, -0.25) is 14.4 Å². The Morgan fingerprint density at radius 2 is 0.722 bits per heavy atom. The molecule has 3 aromatic heterocycles. The Bertz CT molecular complexity index is 2010. The first-order chi connectivity index (χ1) is 17.3. The van der Waals surface area contributed by atoms with Crippen molar-refractivity contribution in [2.75, 3.05) is 0 Å². The smallest absolute Gasteiger partial charge is 0.199 e. The number of benzene rings is 4. The summed E-state index contributed by atoms with van der Waals surface area (Å²) < 4.78 is 0. The molecule has 0 aliphatic heterocycles. The molecule has 0 saturated heterocycles. The largest absolute Gasteiger partial charge is 0.354 e. The standard InChI is InChI=1S/C30H21N3O3/c1-13-4-7-19-16(10-13)28(34)22-25(31-19)23-27(33-21-9-6-15(3)12-18(21)29(23)35)24-26(22)32-20-8-5-14(2)11-17(20)30(24)36/h4-12H,1-3H3,(H,31,34)(H,32,36)(H,33,35). The molecular formula is C30H21N3O3. The first-order valence-electron chi connectivity index (χ1n) is 11.8. The van der Waals surface area contributed by atoms with E-state index in [1.807, 2.05) is 75.4 Å². The van der Waals surface area contributed by atoms with Gasteiger partial charge in [0, 0.05) is 32.7 Å². The van der Waals surface area contributed by atoms with Crippen molar-refractivity contribution in [3.63, 3.8) is 0 Å². The number of fused-ring (bicyclic) bond motifs is 9. The van der Waals surface area contributed by atoms with E-state index in [9.17, 15) is 14.4 Å². The van der Waals surface area contributed by atoms with Crippen molar-refractivity contribution in [2.45, 2.75) is 20.8 Å². The maximum atomic E-state index is 14.0. The van der Waals surface area contributed by atoms with Crippen LogP contribution < -0.4 is 16.3 Å². The Morgan fingerprint density at radius 3 is 1.00 bits per heavy atom. The summed E-state index contributed by atoms with van der Waals surface area (Å²) in [6, 6.07) is 16.8. The lowest BCUT2D eigenvalue weighted by molar-refractivity contribution is 1.41. The average molecular weight is 472 g/mol. The van der Waals surface area contributed by atoms with Crippen LogP contribution in [0.3, 0.4) is 0 Å². The zero-order valence-electron chi connectivity index (χ0n) is 19.9. The fourth-order valence-electron chi connectivity index (χ4n) is 5.48. The van der Waals surface area contributed by atoms with E-state index in [1.165, 1.54) is 0 Å². The summed E-state index contributed by atoms with van der Waals surface area (Å²) in [5.41, 5.74) is 5.37. The number of hydrogen-bond acceptors (Lipinski definition) is 3. The van der Waals surface area contributed by atoms with Crippen molar-refractivity contribution in [3.8, 4) is 0 Å². The minimum absolute atomic E-state index is 0.222. The van der Waals surface area contributed by atoms with Crippen LogP contribution in [-0.2, 0) is 0 Å². The lowest BCUT2D eigenvalue weighted by Gasteiger charge is -2.13. The van der Waals surface area contributed by atoms with Crippen LogP contribution in [0.2, 0.25) is 0 Å². The van der Waals surface area contributed by atoms with Crippen LogP contribution in [0.15, 0.2) is 69.0 Å². The van der Waals surface area contributed by atoms with Crippen molar-refractivity contribution >= 4 is 65.4 Å². The number of nitrogens with one attached hydrogen (secondary N) is 3. The zero-order chi connectivity index (χ0) is 24.9. The van der Waals surface area contributed by atoms with Crippen LogP contribution in [0.25, 0.3) is 65.4 Å². The van der Waals surface area contributed by atoms with Crippen molar-refractivity contribution < 1.29 is 0 Å². The maximum Gasteiger partial charge on any atom is 0.199 e. The Morgan fingerprint density at radius 1 is 0.444 bits per heavy atom. The molecule has 0 unspecified atom stereocenters. The molecule has 0 fully saturated rings. The molecule has 36 heavy (non-hydrogen) atoms. The van der Waals surface area contributed by atoms with Gasteiger partial charge in [-0.05, 0) is 57.2 Å².